The van der Waals surface area contributed by atoms with E-state index in [0.29, 0.717) is 0 Å². The van der Waals surface area contributed by atoms with E-state index in [1.165, 1.54) is 38.1 Å². The van der Waals surface area contributed by atoms with Crippen LogP contribution < -0.4 is 9.80 Å². The molecule has 0 saturated carbocycles. The Kier molecular flexibility index (Phi) is 7.12. The molecular weight excluding hydrogens is 705 g/mol. The molecule has 0 bridgehead atoms. The maximum atomic E-state index is 4.22. The third-order valence-corrected chi connectivity index (χ3v) is 7.76. The van der Waals surface area contributed by atoms with Gasteiger partial charge in [0.05, 0.1) is 0 Å². The van der Waals surface area contributed by atoms with Gasteiger partial charge in [0.2, 0.25) is 0 Å². The molecule has 0 spiro atoms. The summed E-state index contributed by atoms with van der Waals surface area (Å²) in [5.74, 6) is 0. The van der Waals surface area contributed by atoms with Gasteiger partial charge in [-0.25, -0.2) is 0 Å². The van der Waals surface area contributed by atoms with E-state index in [1.54, 1.807) is 6.20 Å². The van der Waals surface area contributed by atoms with Crippen molar-refractivity contribution in [3.63, 3.8) is 0 Å². The van der Waals surface area contributed by atoms with E-state index in [9.17, 15) is 0 Å². The van der Waals surface area contributed by atoms with Crippen molar-refractivity contribution in [3.8, 4) is 11.3 Å². The summed E-state index contributed by atoms with van der Waals surface area (Å²) in [6, 6.07) is 50.2. The summed E-state index contributed by atoms with van der Waals surface area (Å²) in [6.07, 6.45) is 5.98. The average molecular weight is 730 g/mol. The summed E-state index contributed by atoms with van der Waals surface area (Å²) < 4.78 is 2.41. The molecule has 4 nitrogen and oxygen atoms in total. The Morgan fingerprint density at radius 2 is 1.28 bits per heavy atom. The minimum absolute atomic E-state index is 0. The van der Waals surface area contributed by atoms with Crippen molar-refractivity contribution in [2.45, 2.75) is 0 Å². The number of anilines is 2. The van der Waals surface area contributed by atoms with Crippen molar-refractivity contribution in [1.29, 1.82) is 0 Å². The molecule has 0 saturated heterocycles. The molecule has 9 rings (SSSR count). The summed E-state index contributed by atoms with van der Waals surface area (Å²) in [4.78, 5) is 8.52. The van der Waals surface area contributed by atoms with Crippen LogP contribution in [0.1, 0.15) is 0 Å². The molecule has 8 aromatic rings. The Labute approximate surface area is 263 Å². The van der Waals surface area contributed by atoms with E-state index in [0.717, 1.165) is 22.6 Å². The standard InChI is InChI=1S/C27H17N3.C11H8N.Ir/c1-2-8-19(9-3-1)28-16-17-29(18-28)25-15-7-13-23-22-12-6-11-21-20-10-4-5-14-24(20)30(26(21)22)27(23)25;1-2-6-10(7-3-1)11-8-4-5-9-12-11;/h1-14,16-18H;1-6,8-9H;/q-2;-1;+3. The third kappa shape index (κ3) is 4.64. The van der Waals surface area contributed by atoms with E-state index >= 15 is 0 Å². The molecular formula is C38H25IrN4. The molecule has 0 aliphatic carbocycles. The number of nitrogens with zero attached hydrogens (tertiary/aromatic N) is 4. The largest absolute Gasteiger partial charge is 3.00 e. The molecule has 0 amide bonds. The number of aromatic nitrogens is 2. The number of hydrogen-bond acceptors (Lipinski definition) is 3. The fourth-order valence-corrected chi connectivity index (χ4v) is 5.90. The van der Waals surface area contributed by atoms with Gasteiger partial charge in [-0.3, -0.25) is 0 Å². The van der Waals surface area contributed by atoms with Crippen LogP contribution in [0.2, 0.25) is 0 Å². The smallest absolute Gasteiger partial charge is 0.498 e. The minimum atomic E-state index is 0. The van der Waals surface area contributed by atoms with Gasteiger partial charge in [-0.05, 0) is 53.3 Å². The molecule has 3 aromatic heterocycles. The van der Waals surface area contributed by atoms with E-state index in [4.69, 9.17) is 0 Å². The molecule has 43 heavy (non-hydrogen) atoms. The number of pyridine rings is 1. The van der Waals surface area contributed by atoms with Gasteiger partial charge in [0.25, 0.3) is 0 Å². The number of fused-ring (bicyclic) bond motifs is 6. The number of rotatable bonds is 3. The van der Waals surface area contributed by atoms with Crippen molar-refractivity contribution in [3.05, 3.63) is 165 Å². The Balaban J connectivity index is 0.000000195. The summed E-state index contributed by atoms with van der Waals surface area (Å²) in [5, 5.41) is 5.14. The van der Waals surface area contributed by atoms with Crippen LogP contribution >= 0.6 is 0 Å². The Morgan fingerprint density at radius 1 is 0.558 bits per heavy atom. The van der Waals surface area contributed by atoms with E-state index in [-0.39, 0.29) is 20.1 Å². The average Bonchev–Trinajstić information content (AvgIpc) is 3.79. The van der Waals surface area contributed by atoms with Crippen molar-refractivity contribution in [2.75, 3.05) is 9.80 Å². The van der Waals surface area contributed by atoms with Crippen LogP contribution in [-0.2, 0) is 20.1 Å². The van der Waals surface area contributed by atoms with E-state index in [1.807, 2.05) is 54.6 Å². The van der Waals surface area contributed by atoms with Gasteiger partial charge < -0.3 is 19.2 Å². The van der Waals surface area contributed by atoms with Gasteiger partial charge in [0.1, 0.15) is 0 Å². The van der Waals surface area contributed by atoms with Gasteiger partial charge in [-0.2, -0.15) is 18.2 Å². The van der Waals surface area contributed by atoms with E-state index < -0.39 is 0 Å². The SMILES string of the molecule is [Ir+3].[c-]1ccc2c3cccc4c5ccccc5n(c2c1N1C=CN(c2ccccc2)[CH-]1)c43.[c-]1ccccc1-c1ccccn1. The summed E-state index contributed by atoms with van der Waals surface area (Å²) in [6.45, 7) is 2.12. The first-order valence-electron chi connectivity index (χ1n) is 14.0. The van der Waals surface area contributed by atoms with Crippen molar-refractivity contribution >= 4 is 49.5 Å². The molecule has 5 aromatic carbocycles. The van der Waals surface area contributed by atoms with Crippen LogP contribution in [0.15, 0.2) is 146 Å². The molecule has 0 atom stereocenters. The van der Waals surface area contributed by atoms with E-state index in [2.05, 4.69) is 123 Å². The molecule has 5 heteroatoms. The number of para-hydroxylation sites is 3. The van der Waals surface area contributed by atoms with Crippen LogP contribution in [0.25, 0.3) is 49.4 Å². The first kappa shape index (κ1) is 26.9. The van der Waals surface area contributed by atoms with Crippen LogP contribution in [-0.4, -0.2) is 9.38 Å². The zero-order chi connectivity index (χ0) is 27.9. The predicted octanol–water partition coefficient (Wildman–Crippen LogP) is 9.10. The third-order valence-electron chi connectivity index (χ3n) is 7.76. The Bertz CT molecular complexity index is 2140. The van der Waals surface area contributed by atoms with Crippen molar-refractivity contribution in [2.24, 2.45) is 0 Å². The maximum absolute atomic E-state index is 4.22. The van der Waals surface area contributed by atoms with Gasteiger partial charge in [-0.15, -0.1) is 48.0 Å². The molecule has 4 heterocycles. The van der Waals surface area contributed by atoms with Crippen LogP contribution in [0.3, 0.4) is 0 Å². The second-order valence-electron chi connectivity index (χ2n) is 10.2. The van der Waals surface area contributed by atoms with Crippen LogP contribution in [0.5, 0.6) is 0 Å². The normalized spacial score (nSPS) is 12.7. The Hall–Kier alpha value is -4.96. The topological polar surface area (TPSA) is 23.8 Å². The fourth-order valence-electron chi connectivity index (χ4n) is 5.90. The molecule has 0 unspecified atom stereocenters. The van der Waals surface area contributed by atoms with Crippen molar-refractivity contribution < 1.29 is 20.1 Å². The van der Waals surface area contributed by atoms with Gasteiger partial charge >= 0.3 is 20.1 Å². The quantitative estimate of drug-likeness (QED) is 0.170. The number of benzene rings is 5. The summed E-state index contributed by atoms with van der Waals surface area (Å²) in [5.41, 5.74) is 7.93. The molecule has 1 aliphatic rings. The van der Waals surface area contributed by atoms with Gasteiger partial charge in [0, 0.05) is 33.7 Å². The molecule has 0 N–H and O–H groups in total. The first-order chi connectivity index (χ1) is 20.9. The summed E-state index contributed by atoms with van der Waals surface area (Å²) >= 11 is 0. The molecule has 0 radical (unpaired) electrons. The summed E-state index contributed by atoms with van der Waals surface area (Å²) in [7, 11) is 0. The fraction of sp³-hybridized carbons (Fsp3) is 0. The zero-order valence-corrected chi connectivity index (χ0v) is 25.5. The second kappa shape index (κ2) is 11.4. The van der Waals surface area contributed by atoms with Crippen molar-refractivity contribution in [1.82, 2.24) is 9.38 Å². The van der Waals surface area contributed by atoms with Crippen LogP contribution in [0, 0.1) is 18.8 Å². The first-order valence-corrected chi connectivity index (χ1v) is 14.0. The monoisotopic (exact) mass is 730 g/mol. The maximum Gasteiger partial charge on any atom is 3.00 e. The van der Waals surface area contributed by atoms with Gasteiger partial charge in [-0.1, -0.05) is 72.4 Å². The van der Waals surface area contributed by atoms with Crippen LogP contribution in [0.4, 0.5) is 11.4 Å². The minimum Gasteiger partial charge on any atom is -0.498 e. The zero-order valence-electron chi connectivity index (χ0n) is 23.1. The second-order valence-corrected chi connectivity index (χ2v) is 10.2. The molecule has 0 fully saturated rings. The van der Waals surface area contributed by atoms with Gasteiger partial charge in [0.15, 0.2) is 0 Å². The predicted molar refractivity (Wildman–Crippen MR) is 173 cm³/mol. The number of hydrogen-bond donors (Lipinski definition) is 0. The Morgan fingerprint density at radius 3 is 2.09 bits per heavy atom. The molecule has 1 aliphatic heterocycles. The molecule has 206 valence electrons.